The van der Waals surface area contributed by atoms with Crippen LogP contribution in [0.5, 0.6) is 0 Å². The zero-order chi connectivity index (χ0) is 14.7. The largest absolute Gasteiger partial charge is 0.381 e. The summed E-state index contributed by atoms with van der Waals surface area (Å²) >= 11 is 0. The maximum atomic E-state index is 5.52. The Morgan fingerprint density at radius 3 is 1.74 bits per heavy atom. The van der Waals surface area contributed by atoms with Crippen molar-refractivity contribution in [2.45, 2.75) is 52.4 Å². The first-order valence-electron chi connectivity index (χ1n) is 6.15. The summed E-state index contributed by atoms with van der Waals surface area (Å²) < 4.78 is 0. The molecule has 0 radical (unpaired) electrons. The minimum absolute atomic E-state index is 0.0168. The average Bonchev–Trinajstić information content (AvgIpc) is 2.84. The Morgan fingerprint density at radius 1 is 0.895 bits per heavy atom. The van der Waals surface area contributed by atoms with Crippen LogP contribution in [-0.2, 0) is 10.8 Å². The fraction of sp³-hybridized carbons (Fsp3) is 0.667. The monoisotopic (exact) mass is 265 g/mol. The van der Waals surface area contributed by atoms with Gasteiger partial charge in [0.25, 0.3) is 0 Å². The maximum absolute atomic E-state index is 5.52. The standard InChI is InChI=1S/C6H12N4.C6H11N3/c1-6(2,3)4-5(7)9-10-8-4;1-6(2,3)5-4-7-9-8-5/h1-3H3,(H3,7,8,9,10);4H,1-3H3,(H,7,8,9). The molecule has 0 unspecified atom stereocenters. The number of nitrogen functional groups attached to an aromatic ring is 1. The van der Waals surface area contributed by atoms with Crippen LogP contribution in [0.4, 0.5) is 5.82 Å². The van der Waals surface area contributed by atoms with Gasteiger partial charge in [0.05, 0.1) is 11.9 Å². The Morgan fingerprint density at radius 2 is 1.53 bits per heavy atom. The molecule has 0 fully saturated rings. The Kier molecular flexibility index (Phi) is 4.28. The van der Waals surface area contributed by atoms with E-state index >= 15 is 0 Å². The Balaban J connectivity index is 0.000000191. The van der Waals surface area contributed by atoms with Crippen molar-refractivity contribution in [3.8, 4) is 0 Å². The number of nitrogens with two attached hydrogens (primary N) is 1. The van der Waals surface area contributed by atoms with Gasteiger partial charge in [0, 0.05) is 10.8 Å². The summed E-state index contributed by atoms with van der Waals surface area (Å²) in [5.74, 6) is 0.493. The van der Waals surface area contributed by atoms with Crippen molar-refractivity contribution < 1.29 is 0 Å². The molecule has 7 nitrogen and oxygen atoms in total. The molecule has 2 aromatic rings. The molecule has 106 valence electrons. The van der Waals surface area contributed by atoms with Crippen LogP contribution in [0.1, 0.15) is 52.9 Å². The third-order valence-electron chi connectivity index (χ3n) is 2.47. The van der Waals surface area contributed by atoms with Crippen molar-refractivity contribution in [2.75, 3.05) is 5.73 Å². The molecule has 2 aromatic heterocycles. The number of aromatic amines is 2. The molecule has 2 rings (SSSR count). The second-order valence-corrected chi connectivity index (χ2v) is 6.41. The summed E-state index contributed by atoms with van der Waals surface area (Å²) in [6.07, 6.45) is 1.75. The SMILES string of the molecule is CC(C)(C)c1cn[nH]n1.CC(C)(C)c1n[nH]nc1N. The number of hydrogen-bond donors (Lipinski definition) is 3. The van der Waals surface area contributed by atoms with Gasteiger partial charge in [0.1, 0.15) is 5.69 Å². The third kappa shape index (κ3) is 4.35. The van der Waals surface area contributed by atoms with Gasteiger partial charge in [0.15, 0.2) is 5.82 Å². The normalized spacial score (nSPS) is 11.9. The quantitative estimate of drug-likeness (QED) is 0.672. The summed E-state index contributed by atoms with van der Waals surface area (Å²) in [5.41, 5.74) is 7.45. The zero-order valence-corrected chi connectivity index (χ0v) is 12.4. The number of nitrogens with one attached hydrogen (secondary N) is 2. The van der Waals surface area contributed by atoms with E-state index in [-0.39, 0.29) is 10.8 Å². The molecule has 0 aromatic carbocycles. The van der Waals surface area contributed by atoms with E-state index in [9.17, 15) is 0 Å². The smallest absolute Gasteiger partial charge is 0.169 e. The van der Waals surface area contributed by atoms with E-state index < -0.39 is 0 Å². The van der Waals surface area contributed by atoms with Gasteiger partial charge in [-0.3, -0.25) is 0 Å². The molecule has 0 spiro atoms. The van der Waals surface area contributed by atoms with E-state index in [2.05, 4.69) is 51.6 Å². The van der Waals surface area contributed by atoms with Crippen LogP contribution in [-0.4, -0.2) is 30.8 Å². The summed E-state index contributed by atoms with van der Waals surface area (Å²) in [6.45, 7) is 12.4. The molecule has 4 N–H and O–H groups in total. The van der Waals surface area contributed by atoms with E-state index in [1.165, 1.54) is 0 Å². The fourth-order valence-corrected chi connectivity index (χ4v) is 1.35. The van der Waals surface area contributed by atoms with E-state index in [0.29, 0.717) is 5.82 Å². The van der Waals surface area contributed by atoms with Gasteiger partial charge in [-0.1, -0.05) is 41.5 Å². The van der Waals surface area contributed by atoms with Crippen molar-refractivity contribution in [1.82, 2.24) is 30.8 Å². The molecule has 0 aliphatic carbocycles. The van der Waals surface area contributed by atoms with Crippen molar-refractivity contribution in [3.05, 3.63) is 17.6 Å². The second kappa shape index (κ2) is 5.38. The first-order valence-corrected chi connectivity index (χ1v) is 6.15. The van der Waals surface area contributed by atoms with Crippen LogP contribution in [0.3, 0.4) is 0 Å². The van der Waals surface area contributed by atoms with Gasteiger partial charge in [-0.2, -0.15) is 25.7 Å². The van der Waals surface area contributed by atoms with Gasteiger partial charge in [-0.25, -0.2) is 0 Å². The maximum Gasteiger partial charge on any atom is 0.169 e. The van der Waals surface area contributed by atoms with Crippen LogP contribution in [0, 0.1) is 0 Å². The highest BCUT2D eigenvalue weighted by Gasteiger charge is 2.20. The van der Waals surface area contributed by atoms with Crippen LogP contribution in [0.15, 0.2) is 6.20 Å². The highest BCUT2D eigenvalue weighted by molar-refractivity contribution is 5.36. The van der Waals surface area contributed by atoms with E-state index in [1.807, 2.05) is 20.8 Å². The van der Waals surface area contributed by atoms with Crippen molar-refractivity contribution >= 4 is 5.82 Å². The lowest BCUT2D eigenvalue weighted by Crippen LogP contribution is -2.13. The Bertz CT molecular complexity index is 485. The number of hydrogen-bond acceptors (Lipinski definition) is 5. The van der Waals surface area contributed by atoms with E-state index in [0.717, 1.165) is 11.4 Å². The minimum atomic E-state index is -0.0168. The number of rotatable bonds is 0. The highest BCUT2D eigenvalue weighted by atomic mass is 15.4. The summed E-state index contributed by atoms with van der Waals surface area (Å²) in [6, 6.07) is 0. The lowest BCUT2D eigenvalue weighted by atomic mass is 9.92. The topological polar surface area (TPSA) is 109 Å². The summed E-state index contributed by atoms with van der Waals surface area (Å²) in [5, 5.41) is 20.4. The first kappa shape index (κ1) is 15.1. The summed E-state index contributed by atoms with van der Waals surface area (Å²) in [7, 11) is 0. The van der Waals surface area contributed by atoms with Gasteiger partial charge in [0.2, 0.25) is 0 Å². The molecule has 0 atom stereocenters. The molecular weight excluding hydrogens is 242 g/mol. The fourth-order valence-electron chi connectivity index (χ4n) is 1.35. The lowest BCUT2D eigenvalue weighted by molar-refractivity contribution is 0.566. The predicted molar refractivity (Wildman–Crippen MR) is 74.6 cm³/mol. The molecular formula is C12H23N7. The Hall–Kier alpha value is -1.92. The van der Waals surface area contributed by atoms with E-state index in [1.54, 1.807) is 6.20 Å². The number of anilines is 1. The molecule has 0 aliphatic heterocycles. The van der Waals surface area contributed by atoms with Crippen LogP contribution >= 0.6 is 0 Å². The molecule has 19 heavy (non-hydrogen) atoms. The number of H-pyrrole nitrogens is 2. The van der Waals surface area contributed by atoms with Gasteiger partial charge in [-0.05, 0) is 0 Å². The zero-order valence-electron chi connectivity index (χ0n) is 12.4. The second-order valence-electron chi connectivity index (χ2n) is 6.41. The predicted octanol–water partition coefficient (Wildman–Crippen LogP) is 1.79. The van der Waals surface area contributed by atoms with Gasteiger partial charge in [-0.15, -0.1) is 5.10 Å². The highest BCUT2D eigenvalue weighted by Crippen LogP contribution is 2.22. The molecule has 0 amide bonds. The van der Waals surface area contributed by atoms with Crippen molar-refractivity contribution in [3.63, 3.8) is 0 Å². The molecule has 2 heterocycles. The van der Waals surface area contributed by atoms with Crippen LogP contribution in [0.25, 0.3) is 0 Å². The van der Waals surface area contributed by atoms with Crippen LogP contribution in [0.2, 0.25) is 0 Å². The lowest BCUT2D eigenvalue weighted by Gasteiger charge is -2.13. The molecule has 0 saturated heterocycles. The van der Waals surface area contributed by atoms with Gasteiger partial charge < -0.3 is 5.73 Å². The van der Waals surface area contributed by atoms with E-state index in [4.69, 9.17) is 5.73 Å². The summed E-state index contributed by atoms with van der Waals surface area (Å²) in [4.78, 5) is 0. The molecule has 0 aliphatic rings. The van der Waals surface area contributed by atoms with Gasteiger partial charge >= 0.3 is 0 Å². The molecule has 0 bridgehead atoms. The number of aromatic nitrogens is 6. The molecule has 0 saturated carbocycles. The van der Waals surface area contributed by atoms with Crippen molar-refractivity contribution in [1.29, 1.82) is 0 Å². The minimum Gasteiger partial charge on any atom is -0.381 e. The van der Waals surface area contributed by atoms with Crippen LogP contribution < -0.4 is 5.73 Å². The first-order chi connectivity index (χ1) is 8.62. The number of nitrogens with zero attached hydrogens (tertiary/aromatic N) is 4. The third-order valence-corrected chi connectivity index (χ3v) is 2.47. The molecule has 7 heteroatoms. The van der Waals surface area contributed by atoms with Crippen molar-refractivity contribution in [2.24, 2.45) is 0 Å². The average molecular weight is 265 g/mol. The Labute approximate surface area is 113 Å².